The minimum Gasteiger partial charge on any atom is -0.495 e. The van der Waals surface area contributed by atoms with Crippen molar-refractivity contribution >= 4 is 15.9 Å². The Morgan fingerprint density at radius 2 is 2.12 bits per heavy atom. The summed E-state index contributed by atoms with van der Waals surface area (Å²) in [6.45, 7) is 4.43. The van der Waals surface area contributed by atoms with Crippen LogP contribution in [0, 0.1) is 0 Å². The third-order valence-corrected chi connectivity index (χ3v) is 6.10. The Morgan fingerprint density at radius 1 is 1.38 bits per heavy atom. The summed E-state index contributed by atoms with van der Waals surface area (Å²) in [4.78, 5) is 16.9. The Kier molecular flexibility index (Phi) is 6.20. The molecule has 134 valence electrons. The van der Waals surface area contributed by atoms with Crippen LogP contribution in [0.25, 0.3) is 0 Å². The Bertz CT molecular complexity index is 690. The number of nitrogens with one attached hydrogen (secondary N) is 1. The molecule has 1 heterocycles. The van der Waals surface area contributed by atoms with Gasteiger partial charge in [-0.15, -0.1) is 0 Å². The van der Waals surface area contributed by atoms with Crippen LogP contribution in [0.1, 0.15) is 43.5 Å². The molecule has 24 heavy (non-hydrogen) atoms. The van der Waals surface area contributed by atoms with Crippen molar-refractivity contribution in [3.63, 3.8) is 0 Å². The van der Waals surface area contributed by atoms with Crippen LogP contribution in [0.3, 0.4) is 0 Å². The van der Waals surface area contributed by atoms with Gasteiger partial charge in [0.05, 0.1) is 13.7 Å². The Morgan fingerprint density at radius 3 is 2.75 bits per heavy atom. The van der Waals surface area contributed by atoms with E-state index in [1.807, 2.05) is 6.92 Å². The highest BCUT2D eigenvalue weighted by atomic mass is 32.2. The van der Waals surface area contributed by atoms with Crippen LogP contribution in [-0.4, -0.2) is 44.9 Å². The molecule has 1 aliphatic heterocycles. The van der Waals surface area contributed by atoms with Crippen molar-refractivity contribution in [3.8, 4) is 5.75 Å². The molecule has 1 N–H and O–H groups in total. The van der Waals surface area contributed by atoms with E-state index in [4.69, 9.17) is 9.57 Å². The van der Waals surface area contributed by atoms with Crippen LogP contribution in [0.5, 0.6) is 5.75 Å². The molecule has 1 amide bonds. The topological polar surface area (TPSA) is 84.9 Å². The van der Waals surface area contributed by atoms with Gasteiger partial charge in [0.25, 0.3) is 5.91 Å². The molecule has 0 unspecified atom stereocenters. The van der Waals surface area contributed by atoms with Crippen molar-refractivity contribution in [2.45, 2.75) is 44.0 Å². The highest BCUT2D eigenvalue weighted by Crippen LogP contribution is 2.31. The first-order valence-corrected chi connectivity index (χ1v) is 9.47. The Balaban J connectivity index is 2.41. The van der Waals surface area contributed by atoms with Gasteiger partial charge in [-0.05, 0) is 44.9 Å². The first kappa shape index (κ1) is 18.7. The monoisotopic (exact) mass is 356 g/mol. The minimum absolute atomic E-state index is 0.00268. The number of ether oxygens (including phenoxy) is 1. The van der Waals surface area contributed by atoms with Crippen LogP contribution in [0.4, 0.5) is 0 Å². The largest absolute Gasteiger partial charge is 0.495 e. The zero-order chi connectivity index (χ0) is 17.7. The second-order valence-electron chi connectivity index (χ2n) is 5.69. The van der Waals surface area contributed by atoms with E-state index in [0.717, 1.165) is 19.3 Å². The number of piperidine rings is 1. The molecule has 7 nitrogen and oxygen atoms in total. The van der Waals surface area contributed by atoms with E-state index in [1.165, 1.54) is 29.6 Å². The van der Waals surface area contributed by atoms with Gasteiger partial charge in [-0.3, -0.25) is 9.63 Å². The highest BCUT2D eigenvalue weighted by molar-refractivity contribution is 7.89. The normalized spacial score (nSPS) is 19.0. The van der Waals surface area contributed by atoms with Crippen molar-refractivity contribution < 1.29 is 22.8 Å². The number of amides is 1. The van der Waals surface area contributed by atoms with Crippen LogP contribution in [0.15, 0.2) is 23.1 Å². The van der Waals surface area contributed by atoms with Gasteiger partial charge in [-0.1, -0.05) is 6.42 Å². The van der Waals surface area contributed by atoms with Crippen molar-refractivity contribution in [1.29, 1.82) is 0 Å². The maximum atomic E-state index is 13.0. The Hall–Kier alpha value is -1.64. The second kappa shape index (κ2) is 7.96. The molecular formula is C16H24N2O5S. The summed E-state index contributed by atoms with van der Waals surface area (Å²) in [6.07, 6.45) is 2.67. The van der Waals surface area contributed by atoms with Gasteiger partial charge in [-0.25, -0.2) is 13.9 Å². The molecule has 1 aromatic carbocycles. The summed E-state index contributed by atoms with van der Waals surface area (Å²) in [5.74, 6) is -0.275. The van der Waals surface area contributed by atoms with Gasteiger partial charge >= 0.3 is 0 Å². The quantitative estimate of drug-likeness (QED) is 0.788. The fourth-order valence-electron chi connectivity index (χ4n) is 2.77. The highest BCUT2D eigenvalue weighted by Gasteiger charge is 2.33. The number of carbonyl (C=O) groups excluding carboxylic acids is 1. The molecule has 0 spiro atoms. The van der Waals surface area contributed by atoms with Crippen LogP contribution < -0.4 is 10.2 Å². The van der Waals surface area contributed by atoms with E-state index in [2.05, 4.69) is 5.48 Å². The average Bonchev–Trinajstić information content (AvgIpc) is 2.59. The van der Waals surface area contributed by atoms with Crippen LogP contribution in [0.2, 0.25) is 0 Å². The van der Waals surface area contributed by atoms with Crippen molar-refractivity contribution in [2.75, 3.05) is 20.3 Å². The lowest BCUT2D eigenvalue weighted by Crippen LogP contribution is -2.42. The number of nitrogens with zero attached hydrogens (tertiary/aromatic N) is 1. The maximum absolute atomic E-state index is 13.0. The summed E-state index contributed by atoms with van der Waals surface area (Å²) < 4.78 is 32.8. The molecule has 1 fully saturated rings. The summed E-state index contributed by atoms with van der Waals surface area (Å²) in [5, 5.41) is 0. The predicted molar refractivity (Wildman–Crippen MR) is 89.3 cm³/mol. The van der Waals surface area contributed by atoms with E-state index < -0.39 is 15.9 Å². The molecule has 1 aliphatic rings. The Labute approximate surface area is 142 Å². The number of benzene rings is 1. The first-order chi connectivity index (χ1) is 11.4. The van der Waals surface area contributed by atoms with E-state index in [0.29, 0.717) is 13.2 Å². The number of rotatable bonds is 6. The number of methoxy groups -OCH3 is 1. The molecule has 0 bridgehead atoms. The van der Waals surface area contributed by atoms with Gasteiger partial charge in [0, 0.05) is 18.2 Å². The van der Waals surface area contributed by atoms with Crippen molar-refractivity contribution in [1.82, 2.24) is 9.79 Å². The second-order valence-corrected chi connectivity index (χ2v) is 7.55. The molecule has 1 saturated heterocycles. The molecule has 1 atom stereocenters. The SMILES string of the molecule is CCONC(=O)c1ccc(OC)c(S(=O)(=O)N2CCCC[C@@H]2C)c1. The standard InChI is InChI=1S/C16H24N2O5S/c1-4-23-17-16(19)13-8-9-14(22-3)15(11-13)24(20,21)18-10-6-5-7-12(18)2/h8-9,11-12H,4-7,10H2,1-3H3,(H,17,19)/t12-/m0/s1. The molecule has 0 saturated carbocycles. The summed E-state index contributed by atoms with van der Waals surface area (Å²) in [6, 6.07) is 4.26. The molecule has 0 aromatic heterocycles. The summed E-state index contributed by atoms with van der Waals surface area (Å²) in [7, 11) is -2.33. The third-order valence-electron chi connectivity index (χ3n) is 4.06. The van der Waals surface area contributed by atoms with E-state index in [1.54, 1.807) is 6.92 Å². The smallest absolute Gasteiger partial charge is 0.274 e. The number of hydrogen-bond acceptors (Lipinski definition) is 5. The van der Waals surface area contributed by atoms with Crippen LogP contribution >= 0.6 is 0 Å². The number of carbonyl (C=O) groups is 1. The van der Waals surface area contributed by atoms with Gasteiger partial charge in [0.15, 0.2) is 0 Å². The summed E-state index contributed by atoms with van der Waals surface area (Å²) >= 11 is 0. The molecule has 0 aliphatic carbocycles. The summed E-state index contributed by atoms with van der Waals surface area (Å²) in [5.41, 5.74) is 2.47. The fourth-order valence-corrected chi connectivity index (χ4v) is 4.65. The molecule has 8 heteroatoms. The molecule has 0 radical (unpaired) electrons. The van der Waals surface area contributed by atoms with E-state index in [9.17, 15) is 13.2 Å². The van der Waals surface area contributed by atoms with Gasteiger partial charge in [0.1, 0.15) is 10.6 Å². The molecular weight excluding hydrogens is 332 g/mol. The number of hydroxylamine groups is 1. The molecule has 1 aromatic rings. The van der Waals surface area contributed by atoms with Gasteiger partial charge < -0.3 is 4.74 Å². The van der Waals surface area contributed by atoms with E-state index >= 15 is 0 Å². The maximum Gasteiger partial charge on any atom is 0.274 e. The fraction of sp³-hybridized carbons (Fsp3) is 0.562. The van der Waals surface area contributed by atoms with Crippen molar-refractivity contribution in [2.24, 2.45) is 0 Å². The third kappa shape index (κ3) is 3.88. The van der Waals surface area contributed by atoms with Crippen LogP contribution in [-0.2, 0) is 14.9 Å². The first-order valence-electron chi connectivity index (χ1n) is 8.03. The minimum atomic E-state index is -3.74. The number of hydrogen-bond donors (Lipinski definition) is 1. The average molecular weight is 356 g/mol. The lowest BCUT2D eigenvalue weighted by Gasteiger charge is -2.32. The van der Waals surface area contributed by atoms with Gasteiger partial charge in [-0.2, -0.15) is 4.31 Å². The number of sulfonamides is 1. The lowest BCUT2D eigenvalue weighted by molar-refractivity contribution is 0.0364. The molecule has 2 rings (SSSR count). The van der Waals surface area contributed by atoms with E-state index in [-0.39, 0.29) is 22.3 Å². The lowest BCUT2D eigenvalue weighted by atomic mass is 10.1. The predicted octanol–water partition coefficient (Wildman–Crippen LogP) is 1.94. The zero-order valence-corrected chi connectivity index (χ0v) is 15.1. The van der Waals surface area contributed by atoms with Gasteiger partial charge in [0.2, 0.25) is 10.0 Å². The van der Waals surface area contributed by atoms with Crippen molar-refractivity contribution in [3.05, 3.63) is 23.8 Å². The zero-order valence-electron chi connectivity index (χ0n) is 14.2.